The smallest absolute Gasteiger partial charge is 0.242 e. The minimum Gasteiger partial charge on any atom is -0.354 e. The molecule has 0 aromatic heterocycles. The second-order valence-corrected chi connectivity index (χ2v) is 11.8. The summed E-state index contributed by atoms with van der Waals surface area (Å²) in [6.07, 6.45) is 3.70. The van der Waals surface area contributed by atoms with E-state index in [0.29, 0.717) is 28.7 Å². The Labute approximate surface area is 231 Å². The van der Waals surface area contributed by atoms with Gasteiger partial charge in [-0.2, -0.15) is 0 Å². The molecular formula is C27H37Cl2N3O4S. The van der Waals surface area contributed by atoms with E-state index < -0.39 is 16.1 Å². The average Bonchev–Trinajstić information content (AvgIpc) is 2.84. The second kappa shape index (κ2) is 14.6. The summed E-state index contributed by atoms with van der Waals surface area (Å²) in [6.45, 7) is 6.55. The van der Waals surface area contributed by atoms with Gasteiger partial charge in [-0.1, -0.05) is 67.7 Å². The Morgan fingerprint density at radius 1 is 1.05 bits per heavy atom. The molecule has 2 rings (SSSR count). The summed E-state index contributed by atoms with van der Waals surface area (Å²) >= 11 is 12.5. The Balaban J connectivity index is 2.24. The number of rotatable bonds is 14. The van der Waals surface area contributed by atoms with E-state index in [4.69, 9.17) is 23.2 Å². The molecule has 0 aliphatic heterocycles. The summed E-state index contributed by atoms with van der Waals surface area (Å²) in [5.41, 5.74) is 1.98. The third-order valence-electron chi connectivity index (χ3n) is 6.11. The van der Waals surface area contributed by atoms with Gasteiger partial charge in [0.2, 0.25) is 21.8 Å². The Kier molecular flexibility index (Phi) is 12.2. The van der Waals surface area contributed by atoms with E-state index in [1.807, 2.05) is 39.0 Å². The fourth-order valence-electron chi connectivity index (χ4n) is 4.07. The molecule has 0 heterocycles. The summed E-state index contributed by atoms with van der Waals surface area (Å²) < 4.78 is 26.4. The predicted molar refractivity (Wildman–Crippen MR) is 152 cm³/mol. The van der Waals surface area contributed by atoms with Gasteiger partial charge in [-0.15, -0.1) is 0 Å². The lowest BCUT2D eigenvalue weighted by atomic mass is 10.1. The van der Waals surface area contributed by atoms with E-state index in [1.165, 1.54) is 4.31 Å². The number of aryl methyl sites for hydroxylation is 1. The molecule has 0 saturated carbocycles. The van der Waals surface area contributed by atoms with Gasteiger partial charge >= 0.3 is 0 Å². The Bertz CT molecular complexity index is 1170. The van der Waals surface area contributed by atoms with Crippen LogP contribution in [0.2, 0.25) is 10.0 Å². The number of sulfonamides is 1. The van der Waals surface area contributed by atoms with E-state index in [2.05, 4.69) is 5.32 Å². The largest absolute Gasteiger partial charge is 0.354 e. The van der Waals surface area contributed by atoms with Gasteiger partial charge < -0.3 is 10.2 Å². The van der Waals surface area contributed by atoms with Crippen LogP contribution in [-0.4, -0.2) is 50.5 Å². The van der Waals surface area contributed by atoms with Gasteiger partial charge in [0.25, 0.3) is 0 Å². The highest BCUT2D eigenvalue weighted by atomic mass is 35.5. The summed E-state index contributed by atoms with van der Waals surface area (Å²) in [7, 11) is -3.61. The van der Waals surface area contributed by atoms with Crippen LogP contribution < -0.4 is 9.62 Å². The first-order valence-electron chi connectivity index (χ1n) is 12.5. The SMILES string of the molecule is CCCCNC(=O)[C@@H](CC)N(Cc1ccccc1Cl)C(=O)CCCN(c1cc(Cl)ccc1C)S(C)(=O)=O. The molecule has 0 spiro atoms. The first-order chi connectivity index (χ1) is 17.5. The predicted octanol–water partition coefficient (Wildman–Crippen LogP) is 5.57. The van der Waals surface area contributed by atoms with Crippen molar-refractivity contribution < 1.29 is 18.0 Å². The van der Waals surface area contributed by atoms with Gasteiger partial charge in [0, 0.05) is 36.1 Å². The lowest BCUT2D eigenvalue weighted by Crippen LogP contribution is -2.49. The van der Waals surface area contributed by atoms with Gasteiger partial charge in [0.05, 0.1) is 11.9 Å². The summed E-state index contributed by atoms with van der Waals surface area (Å²) in [5.74, 6) is -0.447. The molecule has 0 saturated heterocycles. The lowest BCUT2D eigenvalue weighted by molar-refractivity contribution is -0.141. The molecule has 10 heteroatoms. The summed E-state index contributed by atoms with van der Waals surface area (Å²) in [6, 6.07) is 11.6. The maximum Gasteiger partial charge on any atom is 0.242 e. The molecule has 2 aromatic carbocycles. The quantitative estimate of drug-likeness (QED) is 0.301. The van der Waals surface area contributed by atoms with Crippen molar-refractivity contribution in [1.29, 1.82) is 0 Å². The van der Waals surface area contributed by atoms with Crippen molar-refractivity contribution in [2.75, 3.05) is 23.7 Å². The van der Waals surface area contributed by atoms with Crippen LogP contribution in [0.1, 0.15) is 57.1 Å². The van der Waals surface area contributed by atoms with E-state index in [9.17, 15) is 18.0 Å². The number of anilines is 1. The summed E-state index contributed by atoms with van der Waals surface area (Å²) in [4.78, 5) is 28.0. The molecular weight excluding hydrogens is 533 g/mol. The zero-order chi connectivity index (χ0) is 27.6. The fraction of sp³-hybridized carbons (Fsp3) is 0.481. The minimum atomic E-state index is -3.61. The number of amides is 2. The van der Waals surface area contributed by atoms with Crippen molar-refractivity contribution in [2.45, 2.75) is 65.5 Å². The Morgan fingerprint density at radius 2 is 1.76 bits per heavy atom. The topological polar surface area (TPSA) is 86.8 Å². The molecule has 0 unspecified atom stereocenters. The fourth-order valence-corrected chi connectivity index (χ4v) is 5.45. The first-order valence-corrected chi connectivity index (χ1v) is 15.1. The molecule has 0 aliphatic rings. The van der Waals surface area contributed by atoms with Crippen molar-refractivity contribution in [1.82, 2.24) is 10.2 Å². The molecule has 0 radical (unpaired) electrons. The highest BCUT2D eigenvalue weighted by molar-refractivity contribution is 7.92. The number of nitrogens with one attached hydrogen (secondary N) is 1. The van der Waals surface area contributed by atoms with Crippen LogP contribution >= 0.6 is 23.2 Å². The van der Waals surface area contributed by atoms with Crippen LogP contribution in [0.5, 0.6) is 0 Å². The molecule has 1 atom stereocenters. The molecule has 1 N–H and O–H groups in total. The molecule has 204 valence electrons. The number of carbonyl (C=O) groups excluding carboxylic acids is 2. The number of hydrogen-bond donors (Lipinski definition) is 1. The number of hydrogen-bond acceptors (Lipinski definition) is 4. The zero-order valence-electron chi connectivity index (χ0n) is 22.0. The Morgan fingerprint density at radius 3 is 2.38 bits per heavy atom. The van der Waals surface area contributed by atoms with E-state index in [1.54, 1.807) is 29.2 Å². The van der Waals surface area contributed by atoms with Crippen LogP contribution in [0, 0.1) is 6.92 Å². The van der Waals surface area contributed by atoms with Gasteiger partial charge in [-0.05, 0) is 55.5 Å². The maximum absolute atomic E-state index is 13.5. The monoisotopic (exact) mass is 569 g/mol. The van der Waals surface area contributed by atoms with E-state index in [0.717, 1.165) is 30.2 Å². The molecule has 0 aliphatic carbocycles. The highest BCUT2D eigenvalue weighted by Gasteiger charge is 2.29. The Hall–Kier alpha value is -2.29. The van der Waals surface area contributed by atoms with Gasteiger partial charge in [0.15, 0.2) is 0 Å². The van der Waals surface area contributed by atoms with Crippen molar-refractivity contribution in [3.05, 3.63) is 63.6 Å². The van der Waals surface area contributed by atoms with Gasteiger partial charge in [-0.3, -0.25) is 13.9 Å². The standard InChI is InChI=1S/C27H37Cl2N3O4S/c1-5-7-16-30-27(34)24(6-2)31(19-21-11-8-9-12-23(21)29)26(33)13-10-17-32(37(4,35)36)25-18-22(28)15-14-20(25)3/h8-9,11-12,14-15,18,24H,5-7,10,13,16-17,19H2,1-4H3,(H,30,34)/t24-/m1/s1. The van der Waals surface area contributed by atoms with Crippen LogP contribution in [0.15, 0.2) is 42.5 Å². The number of unbranched alkanes of at least 4 members (excludes halogenated alkanes) is 1. The molecule has 7 nitrogen and oxygen atoms in total. The van der Waals surface area contributed by atoms with Crippen LogP contribution in [-0.2, 0) is 26.2 Å². The third-order valence-corrected chi connectivity index (χ3v) is 7.89. The van der Waals surface area contributed by atoms with Crippen molar-refractivity contribution in [3.8, 4) is 0 Å². The molecule has 2 aromatic rings. The zero-order valence-corrected chi connectivity index (χ0v) is 24.3. The maximum atomic E-state index is 13.5. The summed E-state index contributed by atoms with van der Waals surface area (Å²) in [5, 5.41) is 3.87. The number of halogens is 2. The lowest BCUT2D eigenvalue weighted by Gasteiger charge is -2.31. The van der Waals surface area contributed by atoms with E-state index in [-0.39, 0.29) is 37.7 Å². The van der Waals surface area contributed by atoms with E-state index >= 15 is 0 Å². The third kappa shape index (κ3) is 9.20. The number of carbonyl (C=O) groups is 2. The van der Waals surface area contributed by atoms with Crippen LogP contribution in [0.4, 0.5) is 5.69 Å². The highest BCUT2D eigenvalue weighted by Crippen LogP contribution is 2.27. The van der Waals surface area contributed by atoms with Crippen molar-refractivity contribution in [2.24, 2.45) is 0 Å². The molecule has 0 fully saturated rings. The van der Waals surface area contributed by atoms with Crippen LogP contribution in [0.3, 0.4) is 0 Å². The normalized spacial score (nSPS) is 12.2. The number of nitrogens with zero attached hydrogens (tertiary/aromatic N) is 2. The average molecular weight is 571 g/mol. The van der Waals surface area contributed by atoms with Gasteiger partial charge in [0.1, 0.15) is 6.04 Å². The van der Waals surface area contributed by atoms with Crippen molar-refractivity contribution in [3.63, 3.8) is 0 Å². The van der Waals surface area contributed by atoms with Crippen LogP contribution in [0.25, 0.3) is 0 Å². The van der Waals surface area contributed by atoms with Gasteiger partial charge in [-0.25, -0.2) is 8.42 Å². The molecule has 0 bridgehead atoms. The minimum absolute atomic E-state index is 0.0643. The number of benzene rings is 2. The second-order valence-electron chi connectivity index (χ2n) is 9.05. The first kappa shape index (κ1) is 30.9. The molecule has 2 amide bonds. The molecule has 37 heavy (non-hydrogen) atoms. The van der Waals surface area contributed by atoms with Crippen molar-refractivity contribution >= 4 is 50.7 Å².